The van der Waals surface area contributed by atoms with Crippen molar-refractivity contribution in [3.05, 3.63) is 76.3 Å². The van der Waals surface area contributed by atoms with E-state index in [9.17, 15) is 0 Å². The van der Waals surface area contributed by atoms with Crippen molar-refractivity contribution in [2.24, 2.45) is 0 Å². The number of hydrogen-bond donors (Lipinski definition) is 0. The molecule has 2 aromatic carbocycles. The molecule has 0 N–H and O–H groups in total. The van der Waals surface area contributed by atoms with E-state index in [0.29, 0.717) is 0 Å². The average molecular weight is 298 g/mol. The molecule has 20 heavy (non-hydrogen) atoms. The molecule has 3 aromatic rings. The Kier molecular flexibility index (Phi) is 3.95. The Morgan fingerprint density at radius 3 is 2.40 bits per heavy atom. The van der Waals surface area contributed by atoms with Crippen molar-refractivity contribution in [3.63, 3.8) is 0 Å². The third-order valence-corrected chi connectivity index (χ3v) is 4.02. The van der Waals surface area contributed by atoms with Crippen LogP contribution in [0, 0.1) is 0 Å². The summed E-state index contributed by atoms with van der Waals surface area (Å²) < 4.78 is 0. The molecule has 0 atom stereocenters. The van der Waals surface area contributed by atoms with Gasteiger partial charge in [0.05, 0.1) is 5.69 Å². The molecule has 0 saturated carbocycles. The van der Waals surface area contributed by atoms with Crippen LogP contribution in [0.25, 0.3) is 22.7 Å². The zero-order chi connectivity index (χ0) is 13.8. The lowest BCUT2D eigenvalue weighted by Crippen LogP contribution is -1.76. The van der Waals surface area contributed by atoms with Gasteiger partial charge in [-0.3, -0.25) is 0 Å². The highest BCUT2D eigenvalue weighted by molar-refractivity contribution is 7.13. The standard InChI is InChI=1S/C17H12ClNS/c18-15-9-6-13(7-10-15)8-11-16-12-20-17(19-16)14-4-2-1-3-5-14/h1-12H/b11-8+. The monoisotopic (exact) mass is 297 g/mol. The number of nitrogens with zero attached hydrogens (tertiary/aromatic N) is 1. The van der Waals surface area contributed by atoms with E-state index in [1.807, 2.05) is 54.6 Å². The van der Waals surface area contributed by atoms with E-state index < -0.39 is 0 Å². The zero-order valence-electron chi connectivity index (χ0n) is 10.7. The van der Waals surface area contributed by atoms with E-state index in [2.05, 4.69) is 22.5 Å². The minimum Gasteiger partial charge on any atom is -0.237 e. The lowest BCUT2D eigenvalue weighted by Gasteiger charge is -1.94. The lowest BCUT2D eigenvalue weighted by molar-refractivity contribution is 1.38. The predicted molar refractivity (Wildman–Crippen MR) is 87.9 cm³/mol. The number of benzene rings is 2. The summed E-state index contributed by atoms with van der Waals surface area (Å²) in [5.74, 6) is 0. The van der Waals surface area contributed by atoms with Crippen molar-refractivity contribution in [2.75, 3.05) is 0 Å². The first kappa shape index (κ1) is 13.1. The molecule has 1 aromatic heterocycles. The van der Waals surface area contributed by atoms with E-state index in [1.54, 1.807) is 11.3 Å². The highest BCUT2D eigenvalue weighted by Crippen LogP contribution is 2.24. The largest absolute Gasteiger partial charge is 0.237 e. The SMILES string of the molecule is Clc1ccc(/C=C/c2csc(-c3ccccc3)n2)cc1. The molecule has 0 spiro atoms. The molecule has 0 amide bonds. The van der Waals surface area contributed by atoms with Gasteiger partial charge in [0.15, 0.2) is 0 Å². The molecule has 0 fully saturated rings. The summed E-state index contributed by atoms with van der Waals surface area (Å²) in [4.78, 5) is 4.62. The summed E-state index contributed by atoms with van der Waals surface area (Å²) in [6.07, 6.45) is 4.06. The van der Waals surface area contributed by atoms with Crippen LogP contribution in [0.1, 0.15) is 11.3 Å². The minimum absolute atomic E-state index is 0.752. The fraction of sp³-hybridized carbons (Fsp3) is 0. The summed E-state index contributed by atoms with van der Waals surface area (Å²) in [5, 5.41) is 3.86. The zero-order valence-corrected chi connectivity index (χ0v) is 12.2. The molecule has 0 unspecified atom stereocenters. The first-order chi connectivity index (χ1) is 9.81. The van der Waals surface area contributed by atoms with Gasteiger partial charge >= 0.3 is 0 Å². The Morgan fingerprint density at radius 1 is 0.900 bits per heavy atom. The number of rotatable bonds is 3. The van der Waals surface area contributed by atoms with Gasteiger partial charge in [-0.25, -0.2) is 4.98 Å². The minimum atomic E-state index is 0.752. The van der Waals surface area contributed by atoms with Crippen LogP contribution >= 0.6 is 22.9 Å². The van der Waals surface area contributed by atoms with Gasteiger partial charge < -0.3 is 0 Å². The van der Waals surface area contributed by atoms with Crippen molar-refractivity contribution in [1.29, 1.82) is 0 Å². The first-order valence-corrected chi connectivity index (χ1v) is 7.52. The molecular formula is C17H12ClNS. The predicted octanol–water partition coefficient (Wildman–Crippen LogP) is 5.63. The quantitative estimate of drug-likeness (QED) is 0.610. The van der Waals surface area contributed by atoms with E-state index in [0.717, 1.165) is 26.9 Å². The van der Waals surface area contributed by atoms with Crippen molar-refractivity contribution in [1.82, 2.24) is 4.98 Å². The Balaban J connectivity index is 1.79. The van der Waals surface area contributed by atoms with Gasteiger partial charge in [-0.05, 0) is 23.8 Å². The summed E-state index contributed by atoms with van der Waals surface area (Å²) >= 11 is 7.52. The summed E-state index contributed by atoms with van der Waals surface area (Å²) in [7, 11) is 0. The van der Waals surface area contributed by atoms with Gasteiger partial charge in [0.1, 0.15) is 5.01 Å². The normalized spacial score (nSPS) is 11.1. The third kappa shape index (κ3) is 3.16. The fourth-order valence-corrected chi connectivity index (χ4v) is 2.75. The lowest BCUT2D eigenvalue weighted by atomic mass is 10.2. The first-order valence-electron chi connectivity index (χ1n) is 6.26. The number of thiazole rings is 1. The van der Waals surface area contributed by atoms with Crippen molar-refractivity contribution in [3.8, 4) is 10.6 Å². The van der Waals surface area contributed by atoms with Crippen LogP contribution in [0.15, 0.2) is 60.0 Å². The topological polar surface area (TPSA) is 12.9 Å². The van der Waals surface area contributed by atoms with Crippen LogP contribution in [-0.2, 0) is 0 Å². The highest BCUT2D eigenvalue weighted by Gasteiger charge is 2.01. The summed E-state index contributed by atoms with van der Waals surface area (Å²) in [6, 6.07) is 18.0. The highest BCUT2D eigenvalue weighted by atomic mass is 35.5. The Labute approximate surface area is 127 Å². The summed E-state index contributed by atoms with van der Waals surface area (Å²) in [6.45, 7) is 0. The van der Waals surface area contributed by atoms with Crippen LogP contribution in [0.5, 0.6) is 0 Å². The van der Waals surface area contributed by atoms with Crippen LogP contribution in [-0.4, -0.2) is 4.98 Å². The van der Waals surface area contributed by atoms with Crippen LogP contribution < -0.4 is 0 Å². The van der Waals surface area contributed by atoms with Crippen molar-refractivity contribution >= 4 is 35.1 Å². The van der Waals surface area contributed by atoms with Crippen LogP contribution in [0.3, 0.4) is 0 Å². The fourth-order valence-electron chi connectivity index (χ4n) is 1.83. The molecule has 3 heteroatoms. The molecule has 1 nitrogen and oxygen atoms in total. The molecule has 1 heterocycles. The van der Waals surface area contributed by atoms with E-state index in [4.69, 9.17) is 11.6 Å². The second-order valence-electron chi connectivity index (χ2n) is 4.33. The Hall–Kier alpha value is -1.90. The maximum absolute atomic E-state index is 5.87. The second-order valence-corrected chi connectivity index (χ2v) is 5.62. The molecule has 0 aliphatic rings. The molecule has 0 saturated heterocycles. The van der Waals surface area contributed by atoms with E-state index in [1.165, 1.54) is 0 Å². The number of hydrogen-bond acceptors (Lipinski definition) is 2. The van der Waals surface area contributed by atoms with Gasteiger partial charge in [0.2, 0.25) is 0 Å². The van der Waals surface area contributed by atoms with E-state index >= 15 is 0 Å². The van der Waals surface area contributed by atoms with Gasteiger partial charge in [-0.15, -0.1) is 11.3 Å². The van der Waals surface area contributed by atoms with E-state index in [-0.39, 0.29) is 0 Å². The third-order valence-electron chi connectivity index (χ3n) is 2.86. The average Bonchev–Trinajstić information content (AvgIpc) is 2.97. The summed E-state index contributed by atoms with van der Waals surface area (Å²) in [5.41, 5.74) is 3.25. The molecule has 0 aliphatic heterocycles. The van der Waals surface area contributed by atoms with Gasteiger partial charge in [-0.2, -0.15) is 0 Å². The molecule has 0 aliphatic carbocycles. The van der Waals surface area contributed by atoms with Crippen LogP contribution in [0.4, 0.5) is 0 Å². The van der Waals surface area contributed by atoms with Crippen LogP contribution in [0.2, 0.25) is 5.02 Å². The molecular weight excluding hydrogens is 286 g/mol. The maximum atomic E-state index is 5.87. The molecule has 3 rings (SSSR count). The second kappa shape index (κ2) is 6.04. The molecule has 0 radical (unpaired) electrons. The smallest absolute Gasteiger partial charge is 0.124 e. The number of halogens is 1. The molecule has 98 valence electrons. The van der Waals surface area contributed by atoms with Crippen molar-refractivity contribution in [2.45, 2.75) is 0 Å². The Bertz CT molecular complexity index is 714. The van der Waals surface area contributed by atoms with Gasteiger partial charge in [-0.1, -0.05) is 60.1 Å². The Morgan fingerprint density at radius 2 is 1.65 bits per heavy atom. The molecule has 0 bridgehead atoms. The van der Waals surface area contributed by atoms with Gasteiger partial charge in [0, 0.05) is 16.0 Å². The van der Waals surface area contributed by atoms with Gasteiger partial charge in [0.25, 0.3) is 0 Å². The maximum Gasteiger partial charge on any atom is 0.124 e. The number of aromatic nitrogens is 1. The van der Waals surface area contributed by atoms with Crippen molar-refractivity contribution < 1.29 is 0 Å².